The highest BCUT2D eigenvalue weighted by molar-refractivity contribution is 5.70. The van der Waals surface area contributed by atoms with Gasteiger partial charge in [0.1, 0.15) is 11.9 Å². The largest absolute Gasteiger partial charge is 0.443 e. The Bertz CT molecular complexity index is 402. The molecule has 1 rings (SSSR count). The summed E-state index contributed by atoms with van der Waals surface area (Å²) in [4.78, 5) is 16.0. The Hall–Kier alpha value is -1.36. The molecule has 96 valence electrons. The fourth-order valence-electron chi connectivity index (χ4n) is 1.19. The number of rotatable bonds is 2. The summed E-state index contributed by atoms with van der Waals surface area (Å²) in [5, 5.41) is 3.13. The van der Waals surface area contributed by atoms with Crippen molar-refractivity contribution >= 4 is 6.09 Å². The van der Waals surface area contributed by atoms with Crippen LogP contribution in [-0.2, 0) is 10.3 Å². The Morgan fingerprint density at radius 3 is 2.41 bits per heavy atom. The van der Waals surface area contributed by atoms with Gasteiger partial charge < -0.3 is 10.1 Å². The van der Waals surface area contributed by atoms with Crippen LogP contribution in [0.25, 0.3) is 0 Å². The zero-order valence-corrected chi connectivity index (χ0v) is 11.4. The lowest BCUT2D eigenvalue weighted by Gasteiger charge is -2.21. The Morgan fingerprint density at radius 1 is 1.35 bits per heavy atom. The molecule has 0 atom stereocenters. The van der Waals surface area contributed by atoms with Gasteiger partial charge in [0.15, 0.2) is 0 Å². The minimum absolute atomic E-state index is 0.271. The molecule has 0 aliphatic heterocycles. The molecule has 0 unspecified atom stereocenters. The third kappa shape index (κ3) is 3.56. The first kappa shape index (κ1) is 13.7. The number of carbonyl (C=O) groups excluding carboxylic acids is 1. The minimum atomic E-state index is -0.500. The van der Waals surface area contributed by atoms with Gasteiger partial charge in [-0.2, -0.15) is 0 Å². The van der Waals surface area contributed by atoms with Crippen molar-refractivity contribution in [3.63, 3.8) is 0 Å². The van der Waals surface area contributed by atoms with Gasteiger partial charge in [0.2, 0.25) is 0 Å². The summed E-state index contributed by atoms with van der Waals surface area (Å²) in [5.41, 5.74) is 0.0266. The first-order chi connectivity index (χ1) is 7.65. The number of hydrogen-bond acceptors (Lipinski definition) is 4. The Kier molecular flexibility index (Phi) is 3.62. The Morgan fingerprint density at radius 2 is 1.94 bits per heavy atom. The van der Waals surface area contributed by atoms with Crippen LogP contribution in [0.1, 0.15) is 40.3 Å². The summed E-state index contributed by atoms with van der Waals surface area (Å²) in [5.74, 6) is 0. The molecule has 0 saturated heterocycles. The summed E-state index contributed by atoms with van der Waals surface area (Å²) >= 11 is 0. The highest BCUT2D eigenvalue weighted by Crippen LogP contribution is 2.17. The van der Waals surface area contributed by atoms with Crippen molar-refractivity contribution in [2.75, 3.05) is 7.05 Å². The molecular weight excluding hydrogens is 218 g/mol. The second-order valence-corrected chi connectivity index (χ2v) is 5.52. The van der Waals surface area contributed by atoms with E-state index in [1.807, 2.05) is 41.7 Å². The number of ether oxygens (including phenoxy) is 1. The van der Waals surface area contributed by atoms with E-state index in [2.05, 4.69) is 10.3 Å². The van der Waals surface area contributed by atoms with Gasteiger partial charge in [-0.1, -0.05) is 0 Å². The average Bonchev–Trinajstić information content (AvgIpc) is 2.64. The van der Waals surface area contributed by atoms with E-state index in [9.17, 15) is 4.79 Å². The lowest BCUT2D eigenvalue weighted by Crippen LogP contribution is -2.33. The molecule has 0 fully saturated rings. The topological polar surface area (TPSA) is 56.2 Å². The maximum atomic E-state index is 11.8. The molecule has 0 aliphatic carbocycles. The molecule has 0 saturated carbocycles. The number of aromatic nitrogens is 2. The standard InChI is InChI=1S/C12H21N3O2/c1-11(2,3)17-10(16)15-7-9(14-8-15)12(4,5)13-6/h7-8,13H,1-6H3. The van der Waals surface area contributed by atoms with Gasteiger partial charge in [0.25, 0.3) is 0 Å². The number of nitrogens with one attached hydrogen (secondary N) is 1. The average molecular weight is 239 g/mol. The fraction of sp³-hybridized carbons (Fsp3) is 0.667. The molecular formula is C12H21N3O2. The van der Waals surface area contributed by atoms with E-state index < -0.39 is 11.7 Å². The van der Waals surface area contributed by atoms with Crippen molar-refractivity contribution < 1.29 is 9.53 Å². The molecule has 0 spiro atoms. The predicted molar refractivity (Wildman–Crippen MR) is 65.9 cm³/mol. The van der Waals surface area contributed by atoms with E-state index in [4.69, 9.17) is 4.74 Å². The van der Waals surface area contributed by atoms with Crippen LogP contribution in [0.2, 0.25) is 0 Å². The molecule has 0 amide bonds. The maximum absolute atomic E-state index is 11.8. The molecule has 5 nitrogen and oxygen atoms in total. The molecule has 17 heavy (non-hydrogen) atoms. The molecule has 5 heteroatoms. The summed E-state index contributed by atoms with van der Waals surface area (Å²) in [6.45, 7) is 9.49. The van der Waals surface area contributed by atoms with E-state index in [-0.39, 0.29) is 5.54 Å². The number of imidazole rings is 1. The first-order valence-electron chi connectivity index (χ1n) is 5.62. The maximum Gasteiger partial charge on any atom is 0.419 e. The highest BCUT2D eigenvalue weighted by atomic mass is 16.6. The van der Waals surface area contributed by atoms with E-state index in [1.54, 1.807) is 6.20 Å². The van der Waals surface area contributed by atoms with E-state index in [0.29, 0.717) is 0 Å². The monoisotopic (exact) mass is 239 g/mol. The molecule has 0 aliphatic rings. The van der Waals surface area contributed by atoms with Crippen LogP contribution < -0.4 is 5.32 Å². The lowest BCUT2D eigenvalue weighted by atomic mass is 10.0. The van der Waals surface area contributed by atoms with Crippen molar-refractivity contribution in [2.24, 2.45) is 0 Å². The number of carbonyl (C=O) groups is 1. The van der Waals surface area contributed by atoms with Crippen LogP contribution in [0, 0.1) is 0 Å². The lowest BCUT2D eigenvalue weighted by molar-refractivity contribution is 0.0536. The van der Waals surface area contributed by atoms with Crippen LogP contribution in [0.15, 0.2) is 12.5 Å². The summed E-state index contributed by atoms with van der Waals surface area (Å²) < 4.78 is 6.61. The van der Waals surface area contributed by atoms with Crippen molar-refractivity contribution in [3.05, 3.63) is 18.2 Å². The van der Waals surface area contributed by atoms with Gasteiger partial charge in [0, 0.05) is 6.20 Å². The van der Waals surface area contributed by atoms with Crippen LogP contribution >= 0.6 is 0 Å². The van der Waals surface area contributed by atoms with E-state index in [0.717, 1.165) is 5.69 Å². The summed E-state index contributed by atoms with van der Waals surface area (Å²) in [7, 11) is 1.85. The Balaban J connectivity index is 2.85. The summed E-state index contributed by atoms with van der Waals surface area (Å²) in [6, 6.07) is 0. The molecule has 1 aromatic rings. The van der Waals surface area contributed by atoms with Crippen molar-refractivity contribution in [1.82, 2.24) is 14.9 Å². The SMILES string of the molecule is CNC(C)(C)c1cn(C(=O)OC(C)(C)C)cn1. The van der Waals surface area contributed by atoms with Crippen LogP contribution in [0.5, 0.6) is 0 Å². The third-order valence-electron chi connectivity index (χ3n) is 2.45. The zero-order valence-electron chi connectivity index (χ0n) is 11.4. The zero-order chi connectivity index (χ0) is 13.3. The van der Waals surface area contributed by atoms with Gasteiger partial charge in [0.05, 0.1) is 11.2 Å². The molecule has 1 N–H and O–H groups in total. The molecule has 0 bridgehead atoms. The fourth-order valence-corrected chi connectivity index (χ4v) is 1.19. The number of hydrogen-bond donors (Lipinski definition) is 1. The van der Waals surface area contributed by atoms with Crippen LogP contribution in [0.3, 0.4) is 0 Å². The number of nitrogens with zero attached hydrogens (tertiary/aromatic N) is 2. The smallest absolute Gasteiger partial charge is 0.419 e. The normalized spacial score (nSPS) is 12.6. The minimum Gasteiger partial charge on any atom is -0.443 e. The van der Waals surface area contributed by atoms with Gasteiger partial charge in [-0.25, -0.2) is 14.3 Å². The molecule has 0 radical (unpaired) electrons. The van der Waals surface area contributed by atoms with E-state index >= 15 is 0 Å². The molecule has 1 aromatic heterocycles. The van der Waals surface area contributed by atoms with Gasteiger partial charge in [-0.3, -0.25) is 0 Å². The third-order valence-corrected chi connectivity index (χ3v) is 2.45. The molecule has 1 heterocycles. The quantitative estimate of drug-likeness (QED) is 0.859. The van der Waals surface area contributed by atoms with Crippen molar-refractivity contribution in [3.8, 4) is 0 Å². The van der Waals surface area contributed by atoms with Crippen molar-refractivity contribution in [2.45, 2.75) is 45.8 Å². The van der Waals surface area contributed by atoms with Crippen LogP contribution in [-0.4, -0.2) is 28.3 Å². The molecule has 0 aromatic carbocycles. The van der Waals surface area contributed by atoms with Gasteiger partial charge in [-0.15, -0.1) is 0 Å². The van der Waals surface area contributed by atoms with Gasteiger partial charge >= 0.3 is 6.09 Å². The Labute approximate surface area is 102 Å². The highest BCUT2D eigenvalue weighted by Gasteiger charge is 2.23. The van der Waals surface area contributed by atoms with Crippen LogP contribution in [0.4, 0.5) is 4.79 Å². The second-order valence-electron chi connectivity index (χ2n) is 5.52. The predicted octanol–water partition coefficient (Wildman–Crippen LogP) is 2.12. The van der Waals surface area contributed by atoms with E-state index in [1.165, 1.54) is 10.9 Å². The first-order valence-corrected chi connectivity index (χ1v) is 5.62. The second kappa shape index (κ2) is 4.49. The van der Waals surface area contributed by atoms with Gasteiger partial charge in [-0.05, 0) is 41.7 Å². The van der Waals surface area contributed by atoms with Crippen molar-refractivity contribution in [1.29, 1.82) is 0 Å². The summed E-state index contributed by atoms with van der Waals surface area (Å²) in [6.07, 6.45) is 2.75.